The van der Waals surface area contributed by atoms with Gasteiger partial charge in [-0.1, -0.05) is 6.92 Å². The van der Waals surface area contributed by atoms with Crippen molar-refractivity contribution in [1.82, 2.24) is 15.2 Å². The van der Waals surface area contributed by atoms with Crippen LogP contribution in [0.1, 0.15) is 38.1 Å². The fourth-order valence-electron chi connectivity index (χ4n) is 2.75. The molecule has 20 heavy (non-hydrogen) atoms. The van der Waals surface area contributed by atoms with Crippen LogP contribution in [0.15, 0.2) is 11.6 Å². The van der Waals surface area contributed by atoms with Crippen molar-refractivity contribution in [1.29, 1.82) is 0 Å². The van der Waals surface area contributed by atoms with Gasteiger partial charge in [0.1, 0.15) is 16.6 Å². The van der Waals surface area contributed by atoms with Crippen LogP contribution < -0.4 is 5.32 Å². The highest BCUT2D eigenvalue weighted by atomic mass is 32.1. The molecule has 2 aliphatic rings. The number of hydrogen-bond donors (Lipinski definition) is 1. The van der Waals surface area contributed by atoms with Gasteiger partial charge in [-0.3, -0.25) is 9.59 Å². The van der Waals surface area contributed by atoms with E-state index in [1.165, 1.54) is 11.3 Å². The third-order valence-corrected chi connectivity index (χ3v) is 5.07. The number of rotatable bonds is 4. The van der Waals surface area contributed by atoms with Crippen LogP contribution in [0, 0.1) is 5.92 Å². The van der Waals surface area contributed by atoms with Crippen LogP contribution in [0.25, 0.3) is 0 Å². The average molecular weight is 293 g/mol. The van der Waals surface area contributed by atoms with E-state index in [2.05, 4.69) is 10.3 Å². The molecule has 1 aliphatic heterocycles. The molecular formula is C14H19N3O2S. The first-order chi connectivity index (χ1) is 9.55. The predicted octanol–water partition coefficient (Wildman–Crippen LogP) is 1.55. The van der Waals surface area contributed by atoms with Gasteiger partial charge < -0.3 is 10.2 Å². The third kappa shape index (κ3) is 2.22. The molecule has 2 unspecified atom stereocenters. The fraction of sp³-hybridized carbons (Fsp3) is 0.643. The van der Waals surface area contributed by atoms with Crippen molar-refractivity contribution >= 4 is 23.2 Å². The van der Waals surface area contributed by atoms with Crippen molar-refractivity contribution in [2.24, 2.45) is 5.92 Å². The Balaban J connectivity index is 1.90. The quantitative estimate of drug-likeness (QED) is 0.916. The van der Waals surface area contributed by atoms with Gasteiger partial charge in [-0.05, 0) is 32.1 Å². The van der Waals surface area contributed by atoms with Crippen molar-refractivity contribution in [2.45, 2.75) is 51.2 Å². The lowest BCUT2D eigenvalue weighted by atomic mass is 9.90. The highest BCUT2D eigenvalue weighted by molar-refractivity contribution is 7.09. The largest absolute Gasteiger partial charge is 0.340 e. The molecule has 6 heteroatoms. The van der Waals surface area contributed by atoms with E-state index < -0.39 is 5.54 Å². The maximum Gasteiger partial charge on any atom is 0.249 e. The molecular weight excluding hydrogens is 274 g/mol. The lowest BCUT2D eigenvalue weighted by Crippen LogP contribution is -2.69. The molecule has 0 aromatic carbocycles. The molecule has 108 valence electrons. The van der Waals surface area contributed by atoms with Crippen LogP contribution in [-0.4, -0.2) is 33.3 Å². The summed E-state index contributed by atoms with van der Waals surface area (Å²) in [5.74, 6) is 0.333. The molecule has 1 aromatic rings. The number of aromatic nitrogens is 1. The number of hydrogen-bond acceptors (Lipinski definition) is 4. The van der Waals surface area contributed by atoms with Crippen LogP contribution in [0.4, 0.5) is 0 Å². The fourth-order valence-corrected chi connectivity index (χ4v) is 3.37. The average Bonchev–Trinajstić information content (AvgIpc) is 3.12. The first kappa shape index (κ1) is 13.5. The predicted molar refractivity (Wildman–Crippen MR) is 76.0 cm³/mol. The lowest BCUT2D eigenvalue weighted by molar-refractivity contribution is -0.156. The zero-order valence-electron chi connectivity index (χ0n) is 11.8. The Labute approximate surface area is 122 Å². The van der Waals surface area contributed by atoms with Gasteiger partial charge in [0.15, 0.2) is 0 Å². The van der Waals surface area contributed by atoms with Gasteiger partial charge in [0, 0.05) is 11.6 Å². The highest BCUT2D eigenvalue weighted by Crippen LogP contribution is 2.39. The van der Waals surface area contributed by atoms with E-state index in [4.69, 9.17) is 0 Å². The standard InChI is InChI=1S/C14H19N3O2S/c1-3-14(2)13(19)17(8-10-15-6-7-20-10)11(9-4-5-9)12(18)16-14/h6-7,9,11H,3-5,8H2,1-2H3,(H,16,18). The number of nitrogens with zero attached hydrogens (tertiary/aromatic N) is 2. The van der Waals surface area contributed by atoms with Gasteiger partial charge in [-0.2, -0.15) is 0 Å². The summed E-state index contributed by atoms with van der Waals surface area (Å²) >= 11 is 1.53. The SMILES string of the molecule is CCC1(C)NC(=O)C(C2CC2)N(Cc2nccs2)C1=O. The van der Waals surface area contributed by atoms with Gasteiger partial charge in [0.05, 0.1) is 6.54 Å². The van der Waals surface area contributed by atoms with E-state index in [0.717, 1.165) is 17.8 Å². The number of carbonyl (C=O) groups is 2. The van der Waals surface area contributed by atoms with Gasteiger partial charge in [-0.15, -0.1) is 11.3 Å². The van der Waals surface area contributed by atoms with E-state index in [1.807, 2.05) is 19.2 Å². The lowest BCUT2D eigenvalue weighted by Gasteiger charge is -2.44. The summed E-state index contributed by atoms with van der Waals surface area (Å²) in [5, 5.41) is 5.71. The van der Waals surface area contributed by atoms with Crippen LogP contribution >= 0.6 is 11.3 Å². The normalized spacial score (nSPS) is 30.5. The van der Waals surface area contributed by atoms with Crippen molar-refractivity contribution in [2.75, 3.05) is 0 Å². The molecule has 0 spiro atoms. The number of piperazine rings is 1. The van der Waals surface area contributed by atoms with Crippen molar-refractivity contribution < 1.29 is 9.59 Å². The first-order valence-electron chi connectivity index (χ1n) is 7.06. The van der Waals surface area contributed by atoms with Crippen LogP contribution in [0.2, 0.25) is 0 Å². The van der Waals surface area contributed by atoms with E-state index in [0.29, 0.717) is 18.9 Å². The van der Waals surface area contributed by atoms with Gasteiger partial charge in [0.2, 0.25) is 11.8 Å². The Morgan fingerprint density at radius 1 is 1.50 bits per heavy atom. The zero-order valence-corrected chi connectivity index (χ0v) is 12.6. The molecule has 3 rings (SSSR count). The molecule has 0 radical (unpaired) electrons. The topological polar surface area (TPSA) is 62.3 Å². The number of nitrogens with one attached hydrogen (secondary N) is 1. The summed E-state index contributed by atoms with van der Waals surface area (Å²) in [6.45, 7) is 4.18. The highest BCUT2D eigenvalue weighted by Gasteiger charge is 2.51. The molecule has 1 saturated carbocycles. The van der Waals surface area contributed by atoms with E-state index in [1.54, 1.807) is 11.1 Å². The monoisotopic (exact) mass is 293 g/mol. The molecule has 1 aliphatic carbocycles. The van der Waals surface area contributed by atoms with Crippen molar-refractivity contribution in [3.63, 3.8) is 0 Å². The minimum atomic E-state index is -0.778. The van der Waals surface area contributed by atoms with Crippen molar-refractivity contribution in [3.05, 3.63) is 16.6 Å². The number of thiazole rings is 1. The molecule has 2 amide bonds. The molecule has 5 nitrogen and oxygen atoms in total. The van der Waals surface area contributed by atoms with E-state index in [-0.39, 0.29) is 17.9 Å². The van der Waals surface area contributed by atoms with E-state index >= 15 is 0 Å². The van der Waals surface area contributed by atoms with E-state index in [9.17, 15) is 9.59 Å². The summed E-state index contributed by atoms with van der Waals surface area (Å²) in [6, 6.07) is -0.314. The smallest absolute Gasteiger partial charge is 0.249 e. The van der Waals surface area contributed by atoms with Crippen LogP contribution in [0.5, 0.6) is 0 Å². The molecule has 2 atom stereocenters. The zero-order chi connectivity index (χ0) is 14.3. The minimum absolute atomic E-state index is 0.00648. The summed E-state index contributed by atoms with van der Waals surface area (Å²) < 4.78 is 0. The maximum absolute atomic E-state index is 12.8. The summed E-state index contributed by atoms with van der Waals surface area (Å²) in [5.41, 5.74) is -0.778. The second-order valence-electron chi connectivity index (χ2n) is 5.82. The van der Waals surface area contributed by atoms with Gasteiger partial charge in [-0.25, -0.2) is 4.98 Å². The molecule has 1 aromatic heterocycles. The Hall–Kier alpha value is -1.43. The van der Waals surface area contributed by atoms with Crippen molar-refractivity contribution in [3.8, 4) is 0 Å². The number of carbonyl (C=O) groups excluding carboxylic acids is 2. The summed E-state index contributed by atoms with van der Waals surface area (Å²) in [7, 11) is 0. The molecule has 1 N–H and O–H groups in total. The third-order valence-electron chi connectivity index (χ3n) is 4.30. The summed E-state index contributed by atoms with van der Waals surface area (Å²) in [6.07, 6.45) is 4.40. The van der Waals surface area contributed by atoms with Gasteiger partial charge in [0.25, 0.3) is 0 Å². The Morgan fingerprint density at radius 3 is 2.80 bits per heavy atom. The molecule has 0 bridgehead atoms. The Kier molecular flexibility index (Phi) is 3.28. The second kappa shape index (κ2) is 4.84. The van der Waals surface area contributed by atoms with Crippen LogP contribution in [0.3, 0.4) is 0 Å². The minimum Gasteiger partial charge on any atom is -0.340 e. The summed E-state index contributed by atoms with van der Waals surface area (Å²) in [4.78, 5) is 31.2. The molecule has 2 heterocycles. The maximum atomic E-state index is 12.8. The Bertz CT molecular complexity index is 527. The molecule has 2 fully saturated rings. The Morgan fingerprint density at radius 2 is 2.25 bits per heavy atom. The van der Waals surface area contributed by atoms with Crippen LogP contribution in [-0.2, 0) is 16.1 Å². The molecule has 1 saturated heterocycles. The number of amides is 2. The second-order valence-corrected chi connectivity index (χ2v) is 6.80. The van der Waals surface area contributed by atoms with Gasteiger partial charge >= 0.3 is 0 Å². The first-order valence-corrected chi connectivity index (χ1v) is 7.94.